The normalized spacial score (nSPS) is 26.8. The van der Waals surface area contributed by atoms with Crippen molar-refractivity contribution >= 4 is 7.60 Å². The number of aromatic amines is 1. The number of aliphatic hydroxyl groups excluding tert-OH is 2. The summed E-state index contributed by atoms with van der Waals surface area (Å²) in [4.78, 5) is 37.3. The van der Waals surface area contributed by atoms with E-state index in [1.165, 1.54) is 7.05 Å². The van der Waals surface area contributed by atoms with Gasteiger partial charge < -0.3 is 29.9 Å². The van der Waals surface area contributed by atoms with Crippen molar-refractivity contribution in [3.63, 3.8) is 0 Å². The summed E-state index contributed by atoms with van der Waals surface area (Å²) in [6.45, 7) is 8.36. The number of ether oxygens (including phenoxy) is 1. The third-order valence-corrected chi connectivity index (χ3v) is 9.59. The van der Waals surface area contributed by atoms with Gasteiger partial charge >= 0.3 is 13.3 Å². The topological polar surface area (TPSA) is 171 Å². The largest absolute Gasteiger partial charge is 0.388 e. The Morgan fingerprint density at radius 2 is 1.70 bits per heavy atom. The summed E-state index contributed by atoms with van der Waals surface area (Å²) >= 11 is 0. The maximum atomic E-state index is 13.1. The zero-order chi connectivity index (χ0) is 25.4. The van der Waals surface area contributed by atoms with E-state index < -0.39 is 60.1 Å². The van der Waals surface area contributed by atoms with E-state index in [0.29, 0.717) is 0 Å². The van der Waals surface area contributed by atoms with Crippen LogP contribution in [0.2, 0.25) is 0 Å². The van der Waals surface area contributed by atoms with Gasteiger partial charge in [0.2, 0.25) is 0 Å². The van der Waals surface area contributed by atoms with E-state index in [-0.39, 0.29) is 31.2 Å². The summed E-state index contributed by atoms with van der Waals surface area (Å²) in [7, 11) is -3.25. The number of H-pyrrole nitrogens is 1. The van der Waals surface area contributed by atoms with Crippen molar-refractivity contribution in [2.24, 2.45) is 13.0 Å². The fraction of sp³-hybridized carbons (Fsp3) is 0.810. The second-order valence-corrected chi connectivity index (χ2v) is 10.8. The molecule has 0 saturated carbocycles. The Morgan fingerprint density at radius 3 is 2.18 bits per heavy atom. The number of hydrogen-bond donors (Lipinski definition) is 5. The smallest absolute Gasteiger partial charge is 0.359 e. The average Bonchev–Trinajstić information content (AvgIpc) is 3.09. The molecule has 2 heterocycles. The lowest BCUT2D eigenvalue weighted by Crippen LogP contribution is -2.49. The lowest BCUT2D eigenvalue weighted by atomic mass is 9.79. The van der Waals surface area contributed by atoms with Gasteiger partial charge in [-0.25, -0.2) is 4.79 Å². The second kappa shape index (κ2) is 10.1. The summed E-state index contributed by atoms with van der Waals surface area (Å²) in [5, 5.41) is 30.2. The number of aliphatic hydroxyl groups is 3. The van der Waals surface area contributed by atoms with Crippen molar-refractivity contribution in [3.8, 4) is 0 Å². The van der Waals surface area contributed by atoms with E-state index in [0.717, 1.165) is 10.8 Å². The Hall–Kier alpha value is -1.33. The summed E-state index contributed by atoms with van der Waals surface area (Å²) in [5.74, 6) is -0.716. The molecule has 0 bridgehead atoms. The van der Waals surface area contributed by atoms with Crippen LogP contribution in [0.5, 0.6) is 0 Å². The van der Waals surface area contributed by atoms with Crippen molar-refractivity contribution in [2.75, 3.05) is 0 Å². The first-order valence-corrected chi connectivity index (χ1v) is 12.9. The number of rotatable bonds is 10. The molecular weight excluding hydrogens is 455 g/mol. The van der Waals surface area contributed by atoms with Gasteiger partial charge in [0.1, 0.15) is 18.3 Å². The number of nitrogens with one attached hydrogen (secondary N) is 1. The number of hydrogen-bond acceptors (Lipinski definition) is 8. The minimum absolute atomic E-state index is 0.00795. The third-order valence-electron chi connectivity index (χ3n) is 7.30. The van der Waals surface area contributed by atoms with Crippen LogP contribution in [0.4, 0.5) is 0 Å². The van der Waals surface area contributed by atoms with Crippen molar-refractivity contribution in [1.29, 1.82) is 0 Å². The molecule has 6 unspecified atom stereocenters. The van der Waals surface area contributed by atoms with Gasteiger partial charge in [0.05, 0.1) is 17.3 Å². The molecular formula is C21H37N2O9P. The number of aromatic nitrogens is 2. The van der Waals surface area contributed by atoms with E-state index in [1.807, 2.05) is 0 Å². The van der Waals surface area contributed by atoms with Crippen LogP contribution in [0.15, 0.2) is 15.8 Å². The Morgan fingerprint density at radius 1 is 1.15 bits per heavy atom. The highest BCUT2D eigenvalue weighted by Crippen LogP contribution is 2.61. The Kier molecular flexibility index (Phi) is 8.55. The monoisotopic (exact) mass is 492 g/mol. The van der Waals surface area contributed by atoms with Gasteiger partial charge in [-0.2, -0.15) is 0 Å². The molecule has 1 aromatic heterocycles. The molecule has 2 rings (SSSR count). The van der Waals surface area contributed by atoms with E-state index in [4.69, 9.17) is 9.26 Å². The van der Waals surface area contributed by atoms with Crippen molar-refractivity contribution in [1.82, 2.24) is 9.55 Å². The third kappa shape index (κ3) is 4.77. The summed E-state index contributed by atoms with van der Waals surface area (Å²) in [5.41, 5.74) is -2.62. The molecule has 0 spiro atoms. The van der Waals surface area contributed by atoms with Crippen LogP contribution in [-0.4, -0.2) is 59.0 Å². The quantitative estimate of drug-likeness (QED) is 0.300. The van der Waals surface area contributed by atoms with Crippen molar-refractivity contribution in [2.45, 2.75) is 95.7 Å². The van der Waals surface area contributed by atoms with Crippen LogP contribution >= 0.6 is 7.60 Å². The van der Waals surface area contributed by atoms with Gasteiger partial charge in [0.25, 0.3) is 5.56 Å². The van der Waals surface area contributed by atoms with E-state index in [2.05, 4.69) is 4.98 Å². The molecule has 11 nitrogen and oxygen atoms in total. The average molecular weight is 493 g/mol. The first-order chi connectivity index (χ1) is 15.3. The molecule has 5 N–H and O–H groups in total. The van der Waals surface area contributed by atoms with Crippen LogP contribution < -0.4 is 11.2 Å². The van der Waals surface area contributed by atoms with Gasteiger partial charge in [-0.15, -0.1) is 0 Å². The minimum Gasteiger partial charge on any atom is -0.388 e. The van der Waals surface area contributed by atoms with Crippen LogP contribution in [-0.2, 0) is 20.9 Å². The minimum atomic E-state index is -4.53. The highest BCUT2D eigenvalue weighted by molar-refractivity contribution is 7.54. The zero-order valence-electron chi connectivity index (χ0n) is 20.0. The van der Waals surface area contributed by atoms with Crippen LogP contribution in [0.25, 0.3) is 0 Å². The van der Waals surface area contributed by atoms with Gasteiger partial charge in [0, 0.05) is 19.2 Å². The zero-order valence-corrected chi connectivity index (χ0v) is 20.9. The number of nitrogens with zero attached hydrogens (tertiary/aromatic N) is 1. The van der Waals surface area contributed by atoms with Gasteiger partial charge in [-0.05, 0) is 25.7 Å². The molecule has 1 fully saturated rings. The standard InChI is InChI=1S/C21H37N2O9P/c1-7-20(8-2,32-33(29,30)21(28,9-3)10-4)12(5)16-14(24)15(25)17(31-16)13-11-22-19(27)23(6)18(13)26/h11-12,14-17,24-25,28H,7-10H2,1-6H3,(H,22,27)(H,29,30). The lowest BCUT2D eigenvalue weighted by Gasteiger charge is -2.44. The molecule has 0 amide bonds. The molecule has 0 aliphatic carbocycles. The van der Waals surface area contributed by atoms with Gasteiger partial charge in [0.15, 0.2) is 5.34 Å². The molecule has 1 aliphatic rings. The maximum Gasteiger partial charge on any atom is 0.359 e. The van der Waals surface area contributed by atoms with Crippen LogP contribution in [0.3, 0.4) is 0 Å². The second-order valence-electron chi connectivity index (χ2n) is 8.78. The maximum absolute atomic E-state index is 13.1. The molecule has 12 heteroatoms. The summed E-state index contributed by atoms with van der Waals surface area (Å²) < 4.78 is 25.7. The Bertz CT molecular complexity index is 983. The van der Waals surface area contributed by atoms with Crippen LogP contribution in [0.1, 0.15) is 72.0 Å². The Balaban J connectivity index is 2.43. The molecule has 33 heavy (non-hydrogen) atoms. The highest BCUT2D eigenvalue weighted by Gasteiger charge is 2.56. The van der Waals surface area contributed by atoms with Gasteiger partial charge in [-0.3, -0.25) is 18.5 Å². The molecule has 0 aromatic carbocycles. The SMILES string of the molecule is CCC(CC)(OP(=O)(O)C(O)(CC)CC)C(C)C1OC(c2c[nH]c(=O)n(C)c2=O)C(O)C1O. The Labute approximate surface area is 192 Å². The van der Waals surface area contributed by atoms with Crippen molar-refractivity contribution in [3.05, 3.63) is 32.6 Å². The molecule has 0 radical (unpaired) electrons. The fourth-order valence-corrected chi connectivity index (χ4v) is 6.44. The summed E-state index contributed by atoms with van der Waals surface area (Å²) in [6, 6.07) is 0. The molecule has 1 aliphatic heterocycles. The van der Waals surface area contributed by atoms with E-state index in [1.54, 1.807) is 34.6 Å². The predicted octanol–water partition coefficient (Wildman–Crippen LogP) is 1.14. The fourth-order valence-electron chi connectivity index (χ4n) is 4.55. The highest BCUT2D eigenvalue weighted by atomic mass is 31.2. The van der Waals surface area contributed by atoms with E-state index in [9.17, 15) is 34.4 Å². The molecule has 1 saturated heterocycles. The van der Waals surface area contributed by atoms with Crippen LogP contribution in [0, 0.1) is 5.92 Å². The lowest BCUT2D eigenvalue weighted by molar-refractivity contribution is -0.105. The van der Waals surface area contributed by atoms with Gasteiger partial charge in [-0.1, -0.05) is 34.6 Å². The first kappa shape index (κ1) is 27.9. The first-order valence-electron chi connectivity index (χ1n) is 11.3. The molecule has 6 atom stereocenters. The summed E-state index contributed by atoms with van der Waals surface area (Å²) in [6.07, 6.45) is -3.52. The predicted molar refractivity (Wildman–Crippen MR) is 121 cm³/mol. The molecule has 1 aromatic rings. The molecule has 190 valence electrons. The van der Waals surface area contributed by atoms with Crippen molar-refractivity contribution < 1.29 is 34.0 Å². The van der Waals surface area contributed by atoms with E-state index >= 15 is 0 Å².